The van der Waals surface area contributed by atoms with Gasteiger partial charge in [0.2, 0.25) is 11.6 Å². The highest BCUT2D eigenvalue weighted by molar-refractivity contribution is 5.39. The van der Waals surface area contributed by atoms with Gasteiger partial charge in [0.25, 0.3) is 5.56 Å². The minimum Gasteiger partial charge on any atom is -0.368 e. The van der Waals surface area contributed by atoms with E-state index in [1.165, 1.54) is 10.6 Å². The van der Waals surface area contributed by atoms with Crippen LogP contribution < -0.4 is 11.3 Å². The monoisotopic (exact) mass is 151 g/mol. The molecule has 0 fully saturated rings. The fraction of sp³-hybridized carbons (Fsp3) is 0. The number of fused-ring (bicyclic) bond motifs is 1. The van der Waals surface area contributed by atoms with Gasteiger partial charge in [0.15, 0.2) is 0 Å². The van der Waals surface area contributed by atoms with Gasteiger partial charge in [-0.1, -0.05) is 0 Å². The molecule has 0 spiro atoms. The number of nitrogens with one attached hydrogen (secondary N) is 1. The van der Waals surface area contributed by atoms with Gasteiger partial charge in [-0.3, -0.25) is 9.20 Å². The summed E-state index contributed by atoms with van der Waals surface area (Å²) in [6.45, 7) is 0. The zero-order valence-electron chi connectivity index (χ0n) is 5.48. The smallest absolute Gasteiger partial charge is 0.293 e. The molecule has 2 heterocycles. The van der Waals surface area contributed by atoms with Crippen LogP contribution in [0.1, 0.15) is 0 Å². The van der Waals surface area contributed by atoms with Crippen molar-refractivity contribution in [3.05, 3.63) is 22.7 Å². The number of anilines is 1. The largest absolute Gasteiger partial charge is 0.368 e. The Kier molecular flexibility index (Phi) is 0.974. The van der Waals surface area contributed by atoms with Gasteiger partial charge in [-0.05, 0) is 0 Å². The highest BCUT2D eigenvalue weighted by Crippen LogP contribution is 1.96. The predicted octanol–water partition coefficient (Wildman–Crippen LogP) is -1.00. The first-order chi connectivity index (χ1) is 5.29. The Morgan fingerprint density at radius 3 is 3.09 bits per heavy atom. The van der Waals surface area contributed by atoms with Gasteiger partial charge in [0, 0.05) is 12.4 Å². The number of hydrogen-bond donors (Lipinski definition) is 2. The lowest BCUT2D eigenvalue weighted by molar-refractivity contribution is 1.09. The molecular formula is C5H5N5O. The van der Waals surface area contributed by atoms with Crippen LogP contribution in [-0.2, 0) is 0 Å². The van der Waals surface area contributed by atoms with Crippen LogP contribution >= 0.6 is 0 Å². The molecule has 6 heteroatoms. The van der Waals surface area contributed by atoms with E-state index in [0.717, 1.165) is 0 Å². The molecule has 0 aromatic carbocycles. The molecule has 0 unspecified atom stereocenters. The fourth-order valence-corrected chi connectivity index (χ4v) is 0.857. The van der Waals surface area contributed by atoms with Gasteiger partial charge in [-0.2, -0.15) is 0 Å². The Labute approximate surface area is 60.7 Å². The standard InChI is InChI=1S/C5H5N5O/c6-5-9-8-3-4(11)7-1-2-10(3)5/h1-2H,(H2,6,9)(H,7,11). The van der Waals surface area contributed by atoms with Crippen LogP contribution in [0.5, 0.6) is 0 Å². The van der Waals surface area contributed by atoms with E-state index in [1.807, 2.05) is 0 Å². The molecule has 6 nitrogen and oxygen atoms in total. The van der Waals surface area contributed by atoms with E-state index < -0.39 is 0 Å². The molecule has 0 amide bonds. The Balaban J connectivity index is 3.06. The summed E-state index contributed by atoms with van der Waals surface area (Å²) >= 11 is 0. The number of rotatable bonds is 0. The molecule has 0 saturated heterocycles. The normalized spacial score (nSPS) is 10.5. The predicted molar refractivity (Wildman–Crippen MR) is 38.0 cm³/mol. The Bertz CT molecular complexity index is 441. The lowest BCUT2D eigenvalue weighted by Gasteiger charge is -1.89. The molecule has 0 atom stereocenters. The number of nitrogen functional groups attached to an aromatic ring is 1. The average molecular weight is 151 g/mol. The summed E-state index contributed by atoms with van der Waals surface area (Å²) < 4.78 is 1.42. The molecule has 0 aliphatic rings. The van der Waals surface area contributed by atoms with E-state index in [2.05, 4.69) is 15.2 Å². The number of aromatic amines is 1. The van der Waals surface area contributed by atoms with Crippen molar-refractivity contribution in [1.29, 1.82) is 0 Å². The lowest BCUT2D eigenvalue weighted by atomic mass is 10.7. The summed E-state index contributed by atoms with van der Waals surface area (Å²) in [6, 6.07) is 0. The third-order valence-electron chi connectivity index (χ3n) is 1.36. The van der Waals surface area contributed by atoms with E-state index in [9.17, 15) is 4.79 Å². The summed E-state index contributed by atoms with van der Waals surface area (Å²) in [6.07, 6.45) is 3.07. The Morgan fingerprint density at radius 1 is 1.55 bits per heavy atom. The van der Waals surface area contributed by atoms with Gasteiger partial charge in [0.1, 0.15) is 0 Å². The van der Waals surface area contributed by atoms with Crippen LogP contribution in [0.15, 0.2) is 17.2 Å². The summed E-state index contributed by atoms with van der Waals surface area (Å²) in [5, 5.41) is 7.09. The first kappa shape index (κ1) is 5.90. The quantitative estimate of drug-likeness (QED) is 0.505. The van der Waals surface area contributed by atoms with Crippen LogP contribution in [0.3, 0.4) is 0 Å². The van der Waals surface area contributed by atoms with E-state index in [4.69, 9.17) is 5.73 Å². The van der Waals surface area contributed by atoms with Crippen molar-refractivity contribution in [2.75, 3.05) is 5.73 Å². The second kappa shape index (κ2) is 1.82. The van der Waals surface area contributed by atoms with Crippen molar-refractivity contribution in [2.24, 2.45) is 0 Å². The van der Waals surface area contributed by atoms with Crippen LogP contribution in [0.25, 0.3) is 5.65 Å². The summed E-state index contributed by atoms with van der Waals surface area (Å²) in [7, 11) is 0. The van der Waals surface area contributed by atoms with Crippen molar-refractivity contribution < 1.29 is 0 Å². The summed E-state index contributed by atoms with van der Waals surface area (Å²) in [5.74, 6) is 0.214. The zero-order chi connectivity index (χ0) is 7.84. The van der Waals surface area contributed by atoms with E-state index in [0.29, 0.717) is 0 Å². The first-order valence-corrected chi connectivity index (χ1v) is 2.97. The molecule has 0 aliphatic heterocycles. The number of aromatic nitrogens is 4. The highest BCUT2D eigenvalue weighted by atomic mass is 16.1. The topological polar surface area (TPSA) is 89.1 Å². The maximum Gasteiger partial charge on any atom is 0.293 e. The molecule has 56 valence electrons. The van der Waals surface area contributed by atoms with Crippen molar-refractivity contribution >= 4 is 11.6 Å². The zero-order valence-corrected chi connectivity index (χ0v) is 5.48. The number of hydrogen-bond acceptors (Lipinski definition) is 4. The van der Waals surface area contributed by atoms with E-state index in [1.54, 1.807) is 6.20 Å². The van der Waals surface area contributed by atoms with Gasteiger partial charge >= 0.3 is 0 Å². The minimum absolute atomic E-state index is 0.213. The van der Waals surface area contributed by atoms with Gasteiger partial charge in [-0.25, -0.2) is 0 Å². The Morgan fingerprint density at radius 2 is 2.36 bits per heavy atom. The maximum atomic E-state index is 11.0. The molecule has 0 radical (unpaired) electrons. The molecule has 0 bridgehead atoms. The second-order valence-corrected chi connectivity index (χ2v) is 2.04. The molecule has 0 saturated carbocycles. The van der Waals surface area contributed by atoms with Gasteiger partial charge in [0.05, 0.1) is 0 Å². The first-order valence-electron chi connectivity index (χ1n) is 2.97. The van der Waals surface area contributed by atoms with Crippen LogP contribution in [0.2, 0.25) is 0 Å². The van der Waals surface area contributed by atoms with Crippen LogP contribution in [-0.4, -0.2) is 19.6 Å². The average Bonchev–Trinajstić information content (AvgIpc) is 2.35. The van der Waals surface area contributed by atoms with Crippen LogP contribution in [0, 0.1) is 0 Å². The third kappa shape index (κ3) is 0.689. The second-order valence-electron chi connectivity index (χ2n) is 2.04. The number of nitrogens with zero attached hydrogens (tertiary/aromatic N) is 3. The number of nitrogens with two attached hydrogens (primary N) is 1. The molecule has 2 aromatic rings. The molecule has 2 aromatic heterocycles. The number of H-pyrrole nitrogens is 1. The molecule has 3 N–H and O–H groups in total. The molecule has 0 aliphatic carbocycles. The van der Waals surface area contributed by atoms with Gasteiger partial charge in [-0.15, -0.1) is 10.2 Å². The van der Waals surface area contributed by atoms with Gasteiger partial charge < -0.3 is 10.7 Å². The van der Waals surface area contributed by atoms with Crippen molar-refractivity contribution in [3.8, 4) is 0 Å². The fourth-order valence-electron chi connectivity index (χ4n) is 0.857. The summed E-state index contributed by atoms with van der Waals surface area (Å²) in [5.41, 5.74) is 5.30. The maximum absolute atomic E-state index is 11.0. The SMILES string of the molecule is Nc1nnc2c(=O)[nH]ccn12. The van der Waals surface area contributed by atoms with Crippen molar-refractivity contribution in [3.63, 3.8) is 0 Å². The Hall–Kier alpha value is -1.85. The minimum atomic E-state index is -0.295. The van der Waals surface area contributed by atoms with Crippen LogP contribution in [0.4, 0.5) is 5.95 Å². The third-order valence-corrected chi connectivity index (χ3v) is 1.36. The summed E-state index contributed by atoms with van der Waals surface area (Å²) in [4.78, 5) is 13.4. The highest BCUT2D eigenvalue weighted by Gasteiger charge is 2.02. The lowest BCUT2D eigenvalue weighted by Crippen LogP contribution is -2.09. The molecular weight excluding hydrogens is 146 g/mol. The van der Waals surface area contributed by atoms with Crippen molar-refractivity contribution in [1.82, 2.24) is 19.6 Å². The van der Waals surface area contributed by atoms with E-state index in [-0.39, 0.29) is 17.2 Å². The van der Waals surface area contributed by atoms with Crippen molar-refractivity contribution in [2.45, 2.75) is 0 Å². The molecule has 2 rings (SSSR count). The molecule has 11 heavy (non-hydrogen) atoms. The van der Waals surface area contributed by atoms with E-state index >= 15 is 0 Å².